The van der Waals surface area contributed by atoms with Crippen molar-refractivity contribution in [3.8, 4) is 0 Å². The van der Waals surface area contributed by atoms with Gasteiger partial charge in [-0.05, 0) is 29.8 Å². The van der Waals surface area contributed by atoms with Crippen LogP contribution in [0.5, 0.6) is 0 Å². The number of primary amides is 1. The first-order valence-corrected chi connectivity index (χ1v) is 10.9. The van der Waals surface area contributed by atoms with E-state index in [9.17, 15) is 19.2 Å². The van der Waals surface area contributed by atoms with Gasteiger partial charge in [0.15, 0.2) is 5.78 Å². The second-order valence-corrected chi connectivity index (χ2v) is 8.40. The molecule has 1 aliphatic rings. The first kappa shape index (κ1) is 21.6. The van der Waals surface area contributed by atoms with Crippen LogP contribution >= 0.6 is 11.8 Å². The van der Waals surface area contributed by atoms with E-state index in [4.69, 9.17) is 5.73 Å². The van der Waals surface area contributed by atoms with Gasteiger partial charge in [0.2, 0.25) is 5.91 Å². The first-order chi connectivity index (χ1) is 15.4. The maximum Gasteiger partial charge on any atom is 0.293 e. The molecule has 1 aliphatic heterocycles. The van der Waals surface area contributed by atoms with Crippen LogP contribution in [0.3, 0.4) is 0 Å². The van der Waals surface area contributed by atoms with Crippen molar-refractivity contribution >= 4 is 51.6 Å². The molecule has 3 amide bonds. The Hall–Kier alpha value is -3.65. The molecule has 2 heterocycles. The number of nitrogens with zero attached hydrogens (tertiary/aromatic N) is 2. The van der Waals surface area contributed by atoms with Gasteiger partial charge in [-0.25, -0.2) is 0 Å². The molecular formula is C24H21N3O4S. The Balaban J connectivity index is 1.67. The molecule has 162 valence electrons. The number of carbonyl (C=O) groups excluding carboxylic acids is 4. The monoisotopic (exact) mass is 447 g/mol. The summed E-state index contributed by atoms with van der Waals surface area (Å²) in [5.41, 5.74) is 8.48. The van der Waals surface area contributed by atoms with Gasteiger partial charge in [-0.3, -0.25) is 24.1 Å². The third-order valence-corrected chi connectivity index (χ3v) is 6.18. The molecule has 0 saturated carbocycles. The zero-order valence-electron chi connectivity index (χ0n) is 17.4. The van der Waals surface area contributed by atoms with E-state index in [1.165, 1.54) is 0 Å². The number of benzene rings is 2. The van der Waals surface area contributed by atoms with E-state index in [1.807, 2.05) is 25.1 Å². The fourth-order valence-corrected chi connectivity index (χ4v) is 4.62. The summed E-state index contributed by atoms with van der Waals surface area (Å²) in [5.74, 6) is -1.29. The molecule has 0 spiro atoms. The van der Waals surface area contributed by atoms with E-state index < -0.39 is 17.1 Å². The number of aromatic nitrogens is 1. The SMILES string of the molecule is CCc1cccc2c(/C=C3\SC(=O)N(CC(=O)c4ccccc4)C3=O)cn(CC(N)=O)c12. The number of aryl methyl sites for hydroxylation is 1. The number of imide groups is 1. The molecule has 8 heteroatoms. The van der Waals surface area contributed by atoms with Crippen molar-refractivity contribution in [3.63, 3.8) is 0 Å². The summed E-state index contributed by atoms with van der Waals surface area (Å²) in [6.45, 7) is 1.72. The highest BCUT2D eigenvalue weighted by Crippen LogP contribution is 2.35. The molecule has 1 aromatic heterocycles. The van der Waals surface area contributed by atoms with Crippen LogP contribution in [0.15, 0.2) is 59.6 Å². The maximum atomic E-state index is 12.9. The Morgan fingerprint density at radius 1 is 1.03 bits per heavy atom. The molecule has 0 unspecified atom stereocenters. The minimum absolute atomic E-state index is 0.00834. The van der Waals surface area contributed by atoms with Gasteiger partial charge in [0, 0.05) is 22.7 Å². The van der Waals surface area contributed by atoms with Crippen LogP contribution in [0.25, 0.3) is 17.0 Å². The number of carbonyl (C=O) groups is 4. The lowest BCUT2D eigenvalue weighted by Crippen LogP contribution is -2.33. The number of rotatable bonds is 7. The van der Waals surface area contributed by atoms with Crippen LogP contribution in [-0.4, -0.2) is 38.8 Å². The van der Waals surface area contributed by atoms with Gasteiger partial charge in [-0.1, -0.05) is 55.5 Å². The van der Waals surface area contributed by atoms with Gasteiger partial charge in [-0.2, -0.15) is 0 Å². The zero-order chi connectivity index (χ0) is 22.8. The van der Waals surface area contributed by atoms with E-state index in [0.717, 1.165) is 39.5 Å². The van der Waals surface area contributed by atoms with Gasteiger partial charge in [0.1, 0.15) is 6.54 Å². The van der Waals surface area contributed by atoms with Crippen molar-refractivity contribution in [2.75, 3.05) is 6.54 Å². The summed E-state index contributed by atoms with van der Waals surface area (Å²) in [4.78, 5) is 50.6. The Morgan fingerprint density at radius 3 is 2.47 bits per heavy atom. The smallest absolute Gasteiger partial charge is 0.293 e. The molecular weight excluding hydrogens is 426 g/mol. The van der Waals surface area contributed by atoms with E-state index in [0.29, 0.717) is 11.1 Å². The molecule has 7 nitrogen and oxygen atoms in total. The highest BCUT2D eigenvalue weighted by molar-refractivity contribution is 8.18. The molecule has 0 bridgehead atoms. The number of hydrogen-bond donors (Lipinski definition) is 1. The summed E-state index contributed by atoms with van der Waals surface area (Å²) >= 11 is 0.801. The normalized spacial score (nSPS) is 15.2. The average Bonchev–Trinajstić information content (AvgIpc) is 3.25. The fraction of sp³-hybridized carbons (Fsp3) is 0.167. The molecule has 32 heavy (non-hydrogen) atoms. The molecule has 4 rings (SSSR count). The van der Waals surface area contributed by atoms with Crippen LogP contribution in [-0.2, 0) is 22.6 Å². The molecule has 3 aromatic rings. The van der Waals surface area contributed by atoms with Crippen molar-refractivity contribution in [1.82, 2.24) is 9.47 Å². The number of ketones is 1. The molecule has 2 N–H and O–H groups in total. The van der Waals surface area contributed by atoms with Gasteiger partial charge in [0.25, 0.3) is 11.1 Å². The fourth-order valence-electron chi connectivity index (χ4n) is 3.79. The van der Waals surface area contributed by atoms with E-state index >= 15 is 0 Å². The second-order valence-electron chi connectivity index (χ2n) is 7.40. The molecule has 0 atom stereocenters. The molecule has 1 saturated heterocycles. The standard InChI is InChI=1S/C24H21N3O4S/c1-2-15-9-6-10-18-17(12-26(22(15)18)14-21(25)29)11-20-23(30)27(24(31)32-20)13-19(28)16-7-4-3-5-8-16/h3-12H,2,13-14H2,1H3,(H2,25,29)/b20-11-. The molecule has 0 radical (unpaired) electrons. The predicted octanol–water partition coefficient (Wildman–Crippen LogP) is 3.61. The number of thioether (sulfide) groups is 1. The summed E-state index contributed by atoms with van der Waals surface area (Å²) < 4.78 is 1.77. The Labute approximate surface area is 188 Å². The summed E-state index contributed by atoms with van der Waals surface area (Å²) in [7, 11) is 0. The number of fused-ring (bicyclic) bond motifs is 1. The lowest BCUT2D eigenvalue weighted by Gasteiger charge is -2.11. The Morgan fingerprint density at radius 2 is 1.78 bits per heavy atom. The first-order valence-electron chi connectivity index (χ1n) is 10.1. The van der Waals surface area contributed by atoms with E-state index in [1.54, 1.807) is 47.2 Å². The van der Waals surface area contributed by atoms with Crippen molar-refractivity contribution < 1.29 is 19.2 Å². The minimum Gasteiger partial charge on any atom is -0.368 e. The zero-order valence-corrected chi connectivity index (χ0v) is 18.2. The molecule has 0 aliphatic carbocycles. The summed E-state index contributed by atoms with van der Waals surface area (Å²) in [6.07, 6.45) is 4.16. The lowest BCUT2D eigenvalue weighted by molar-refractivity contribution is -0.122. The Kier molecular flexibility index (Phi) is 5.96. The maximum absolute atomic E-state index is 12.9. The number of hydrogen-bond acceptors (Lipinski definition) is 5. The largest absolute Gasteiger partial charge is 0.368 e. The van der Waals surface area contributed by atoms with Crippen molar-refractivity contribution in [2.45, 2.75) is 19.9 Å². The average molecular weight is 448 g/mol. The lowest BCUT2D eigenvalue weighted by atomic mass is 10.1. The van der Waals surface area contributed by atoms with Gasteiger partial charge in [0.05, 0.1) is 17.0 Å². The quantitative estimate of drug-likeness (QED) is 0.440. The minimum atomic E-state index is -0.508. The van der Waals surface area contributed by atoms with E-state index in [-0.39, 0.29) is 23.8 Å². The topological polar surface area (TPSA) is 102 Å². The van der Waals surface area contributed by atoms with Crippen LogP contribution in [0.4, 0.5) is 4.79 Å². The van der Waals surface area contributed by atoms with Crippen molar-refractivity contribution in [2.24, 2.45) is 5.73 Å². The number of nitrogens with two attached hydrogens (primary N) is 1. The number of amides is 3. The summed E-state index contributed by atoms with van der Waals surface area (Å²) in [6, 6.07) is 14.3. The third kappa shape index (κ3) is 4.09. The van der Waals surface area contributed by atoms with Crippen molar-refractivity contribution in [1.29, 1.82) is 0 Å². The molecule has 1 fully saturated rings. The van der Waals surface area contributed by atoms with E-state index in [2.05, 4.69) is 0 Å². The van der Waals surface area contributed by atoms with Gasteiger partial charge < -0.3 is 10.3 Å². The highest BCUT2D eigenvalue weighted by atomic mass is 32.2. The molecule has 2 aromatic carbocycles. The third-order valence-electron chi connectivity index (χ3n) is 5.28. The van der Waals surface area contributed by atoms with Crippen LogP contribution in [0.2, 0.25) is 0 Å². The van der Waals surface area contributed by atoms with Gasteiger partial charge in [-0.15, -0.1) is 0 Å². The summed E-state index contributed by atoms with van der Waals surface area (Å²) in [5, 5.41) is 0.374. The van der Waals surface area contributed by atoms with Gasteiger partial charge >= 0.3 is 0 Å². The number of para-hydroxylation sites is 1. The van der Waals surface area contributed by atoms with Crippen LogP contribution in [0.1, 0.15) is 28.4 Å². The number of Topliss-reactive ketones (excluding diaryl/α,β-unsaturated/α-hetero) is 1. The second kappa shape index (κ2) is 8.84. The van der Waals surface area contributed by atoms with Crippen LogP contribution < -0.4 is 5.73 Å². The van der Waals surface area contributed by atoms with Crippen molar-refractivity contribution in [3.05, 3.63) is 76.3 Å². The predicted molar refractivity (Wildman–Crippen MR) is 124 cm³/mol. The van der Waals surface area contributed by atoms with Crippen LogP contribution in [0, 0.1) is 0 Å². The highest BCUT2D eigenvalue weighted by Gasteiger charge is 2.36. The Bertz CT molecular complexity index is 1280.